The topological polar surface area (TPSA) is 71.0 Å². The first-order valence-electron chi connectivity index (χ1n) is 11.4. The van der Waals surface area contributed by atoms with Gasteiger partial charge in [0.2, 0.25) is 0 Å². The van der Waals surface area contributed by atoms with Gasteiger partial charge in [-0.05, 0) is 43.5 Å². The Morgan fingerprint density at radius 3 is 2.79 bits per heavy atom. The van der Waals surface area contributed by atoms with Gasteiger partial charge in [-0.3, -0.25) is 14.7 Å². The minimum absolute atomic E-state index is 0.0724. The van der Waals surface area contributed by atoms with Gasteiger partial charge in [-0.2, -0.15) is 0 Å². The number of nitrogens with zero attached hydrogens (tertiary/aromatic N) is 4. The number of pyridine rings is 1. The standard InChI is InChI=1S/C27H27N5O/c1-19-29-17-23(27(33)30-16-20-8-3-2-4-9-20)26(31-19)24-13-7-15-32(24)18-22-11-5-10-21-12-6-14-28-25(21)22/h2-6,8-12,14,17,24H,7,13,15-16,18H2,1H3,(H,30,33)/t24-/m0/s1. The first-order chi connectivity index (χ1) is 16.2. The monoisotopic (exact) mass is 437 g/mol. The maximum atomic E-state index is 13.1. The molecule has 1 saturated heterocycles. The number of hydrogen-bond donors (Lipinski definition) is 1. The molecule has 2 aromatic heterocycles. The highest BCUT2D eigenvalue weighted by atomic mass is 16.1. The number of aryl methyl sites for hydroxylation is 1. The van der Waals surface area contributed by atoms with E-state index in [1.807, 2.05) is 49.5 Å². The highest BCUT2D eigenvalue weighted by Gasteiger charge is 2.31. The second kappa shape index (κ2) is 9.46. The average Bonchev–Trinajstić information content (AvgIpc) is 3.31. The lowest BCUT2D eigenvalue weighted by Crippen LogP contribution is -2.29. The molecule has 5 rings (SSSR count). The predicted octanol–water partition coefficient (Wildman–Crippen LogP) is 4.60. The molecular weight excluding hydrogens is 410 g/mol. The molecule has 3 heterocycles. The van der Waals surface area contributed by atoms with Crippen LogP contribution in [-0.4, -0.2) is 32.3 Å². The maximum Gasteiger partial charge on any atom is 0.255 e. The molecule has 1 aliphatic heterocycles. The smallest absolute Gasteiger partial charge is 0.255 e. The highest BCUT2D eigenvalue weighted by Crippen LogP contribution is 2.34. The third-order valence-electron chi connectivity index (χ3n) is 6.25. The number of hydrogen-bond acceptors (Lipinski definition) is 5. The van der Waals surface area contributed by atoms with E-state index in [1.165, 1.54) is 5.56 Å². The van der Waals surface area contributed by atoms with E-state index in [4.69, 9.17) is 4.98 Å². The zero-order chi connectivity index (χ0) is 22.6. The number of carbonyl (C=O) groups is 1. The van der Waals surface area contributed by atoms with Crippen LogP contribution in [-0.2, 0) is 13.1 Å². The fraction of sp³-hybridized carbons (Fsp3) is 0.259. The normalized spacial score (nSPS) is 16.2. The summed E-state index contributed by atoms with van der Waals surface area (Å²) >= 11 is 0. The van der Waals surface area contributed by atoms with Crippen molar-refractivity contribution in [3.63, 3.8) is 0 Å². The van der Waals surface area contributed by atoms with Gasteiger partial charge in [-0.1, -0.05) is 54.6 Å². The van der Waals surface area contributed by atoms with Crippen LogP contribution in [0.1, 0.15) is 51.9 Å². The van der Waals surface area contributed by atoms with Gasteiger partial charge >= 0.3 is 0 Å². The first kappa shape index (κ1) is 21.2. The van der Waals surface area contributed by atoms with Crippen LogP contribution in [0.3, 0.4) is 0 Å². The van der Waals surface area contributed by atoms with Crippen molar-refractivity contribution >= 4 is 16.8 Å². The van der Waals surface area contributed by atoms with Crippen molar-refractivity contribution < 1.29 is 4.79 Å². The lowest BCUT2D eigenvalue weighted by Gasteiger charge is -2.26. The number of fused-ring (bicyclic) bond motifs is 1. The molecule has 1 aliphatic rings. The Balaban J connectivity index is 1.40. The van der Waals surface area contributed by atoms with E-state index in [2.05, 4.69) is 44.5 Å². The van der Waals surface area contributed by atoms with E-state index in [9.17, 15) is 4.79 Å². The summed E-state index contributed by atoms with van der Waals surface area (Å²) in [6.45, 7) is 4.08. The van der Waals surface area contributed by atoms with Gasteiger partial charge < -0.3 is 5.32 Å². The molecule has 6 nitrogen and oxygen atoms in total. The number of likely N-dealkylation sites (tertiary alicyclic amines) is 1. The van der Waals surface area contributed by atoms with Crippen LogP contribution in [0.5, 0.6) is 0 Å². The number of para-hydroxylation sites is 1. The molecule has 2 aromatic carbocycles. The molecule has 0 saturated carbocycles. The molecule has 1 N–H and O–H groups in total. The molecule has 0 aliphatic carbocycles. The van der Waals surface area contributed by atoms with Crippen LogP contribution in [0.15, 0.2) is 73.1 Å². The average molecular weight is 438 g/mol. The molecule has 1 amide bonds. The van der Waals surface area contributed by atoms with Crippen molar-refractivity contribution in [3.8, 4) is 0 Å². The van der Waals surface area contributed by atoms with Crippen molar-refractivity contribution in [1.29, 1.82) is 0 Å². The zero-order valence-corrected chi connectivity index (χ0v) is 18.7. The van der Waals surface area contributed by atoms with E-state index < -0.39 is 0 Å². The Labute approximate surface area is 193 Å². The minimum atomic E-state index is -0.132. The molecule has 0 unspecified atom stereocenters. The summed E-state index contributed by atoms with van der Waals surface area (Å²) in [6.07, 6.45) is 5.55. The number of amides is 1. The molecule has 1 fully saturated rings. The van der Waals surface area contributed by atoms with E-state index in [0.29, 0.717) is 17.9 Å². The van der Waals surface area contributed by atoms with E-state index in [1.54, 1.807) is 6.20 Å². The van der Waals surface area contributed by atoms with Gasteiger partial charge in [0.05, 0.1) is 22.8 Å². The molecular formula is C27H27N5O. The number of rotatable bonds is 6. The van der Waals surface area contributed by atoms with E-state index in [0.717, 1.165) is 48.1 Å². The van der Waals surface area contributed by atoms with Crippen molar-refractivity contribution in [3.05, 3.63) is 101 Å². The fourth-order valence-corrected chi connectivity index (χ4v) is 4.63. The summed E-state index contributed by atoms with van der Waals surface area (Å²) in [5.41, 5.74) is 4.67. The first-order valence-corrected chi connectivity index (χ1v) is 11.4. The van der Waals surface area contributed by atoms with Gasteiger partial charge in [0.25, 0.3) is 5.91 Å². The lowest BCUT2D eigenvalue weighted by molar-refractivity contribution is 0.0946. The fourth-order valence-electron chi connectivity index (χ4n) is 4.63. The van der Waals surface area contributed by atoms with Crippen molar-refractivity contribution in [2.24, 2.45) is 0 Å². The van der Waals surface area contributed by atoms with Gasteiger partial charge in [-0.25, -0.2) is 9.97 Å². The number of aromatic nitrogens is 3. The molecule has 4 aromatic rings. The maximum absolute atomic E-state index is 13.1. The third kappa shape index (κ3) is 4.61. The van der Waals surface area contributed by atoms with Crippen LogP contribution >= 0.6 is 0 Å². The third-order valence-corrected chi connectivity index (χ3v) is 6.25. The summed E-state index contributed by atoms with van der Waals surface area (Å²) in [7, 11) is 0. The molecule has 0 spiro atoms. The van der Waals surface area contributed by atoms with Crippen LogP contribution < -0.4 is 5.32 Å². The summed E-state index contributed by atoms with van der Waals surface area (Å²) in [5, 5.41) is 4.18. The number of nitrogens with one attached hydrogen (secondary N) is 1. The second-order valence-corrected chi connectivity index (χ2v) is 8.51. The molecule has 0 bridgehead atoms. The van der Waals surface area contributed by atoms with E-state index >= 15 is 0 Å². The zero-order valence-electron chi connectivity index (χ0n) is 18.7. The minimum Gasteiger partial charge on any atom is -0.348 e. The van der Waals surface area contributed by atoms with Crippen molar-refractivity contribution in [2.75, 3.05) is 6.54 Å². The SMILES string of the molecule is Cc1ncc(C(=O)NCc2ccccc2)c([C@@H]2CCCN2Cc2cccc3cccnc23)n1. The van der Waals surface area contributed by atoms with E-state index in [-0.39, 0.29) is 11.9 Å². The Morgan fingerprint density at radius 2 is 1.91 bits per heavy atom. The molecule has 166 valence electrons. The molecule has 33 heavy (non-hydrogen) atoms. The Hall–Kier alpha value is -3.64. The van der Waals surface area contributed by atoms with Crippen LogP contribution in [0.2, 0.25) is 0 Å². The Morgan fingerprint density at radius 1 is 1.06 bits per heavy atom. The van der Waals surface area contributed by atoms with Gasteiger partial charge in [0, 0.05) is 30.9 Å². The highest BCUT2D eigenvalue weighted by molar-refractivity contribution is 5.95. The predicted molar refractivity (Wildman–Crippen MR) is 129 cm³/mol. The van der Waals surface area contributed by atoms with Gasteiger partial charge in [0.1, 0.15) is 5.82 Å². The molecule has 6 heteroatoms. The molecule has 0 radical (unpaired) electrons. The summed E-state index contributed by atoms with van der Waals surface area (Å²) in [6, 6.07) is 20.4. The second-order valence-electron chi connectivity index (χ2n) is 8.51. The van der Waals surface area contributed by atoms with Crippen molar-refractivity contribution in [1.82, 2.24) is 25.2 Å². The number of benzene rings is 2. The summed E-state index contributed by atoms with van der Waals surface area (Å²) < 4.78 is 0. The number of carbonyl (C=O) groups excluding carboxylic acids is 1. The summed E-state index contributed by atoms with van der Waals surface area (Å²) in [5.74, 6) is 0.552. The lowest BCUT2D eigenvalue weighted by atomic mass is 10.0. The van der Waals surface area contributed by atoms with Crippen LogP contribution in [0.4, 0.5) is 0 Å². The Bertz CT molecular complexity index is 1270. The van der Waals surface area contributed by atoms with Crippen molar-refractivity contribution in [2.45, 2.75) is 38.9 Å². The largest absolute Gasteiger partial charge is 0.348 e. The Kier molecular flexibility index (Phi) is 6.09. The van der Waals surface area contributed by atoms with Crippen LogP contribution in [0.25, 0.3) is 10.9 Å². The quantitative estimate of drug-likeness (QED) is 0.477. The van der Waals surface area contributed by atoms with Gasteiger partial charge in [-0.15, -0.1) is 0 Å². The summed E-state index contributed by atoms with van der Waals surface area (Å²) in [4.78, 5) is 29.3. The van der Waals surface area contributed by atoms with Crippen LogP contribution in [0, 0.1) is 6.92 Å². The van der Waals surface area contributed by atoms with Gasteiger partial charge in [0.15, 0.2) is 0 Å². The molecule has 1 atom stereocenters.